The summed E-state index contributed by atoms with van der Waals surface area (Å²) >= 11 is 11.7. The first-order valence-electron chi connectivity index (χ1n) is 7.72. The van der Waals surface area contributed by atoms with Crippen molar-refractivity contribution >= 4 is 46.6 Å². The lowest BCUT2D eigenvalue weighted by molar-refractivity contribution is -0.138. The van der Waals surface area contributed by atoms with Crippen LogP contribution in [0.1, 0.15) is 27.7 Å². The molecule has 1 aromatic carbocycles. The Hall–Kier alpha value is -1.79. The molecule has 0 aliphatic carbocycles. The Bertz CT molecular complexity index is 672. The molecule has 0 aromatic heterocycles. The van der Waals surface area contributed by atoms with E-state index in [0.29, 0.717) is 15.7 Å². The van der Waals surface area contributed by atoms with Crippen molar-refractivity contribution in [3.05, 3.63) is 28.2 Å². The molecule has 1 rings (SSSR count). The van der Waals surface area contributed by atoms with Gasteiger partial charge < -0.3 is 15.5 Å². The van der Waals surface area contributed by atoms with Crippen LogP contribution in [-0.4, -0.2) is 42.3 Å². The first kappa shape index (κ1) is 21.3. The van der Waals surface area contributed by atoms with Crippen LogP contribution in [0.15, 0.2) is 18.2 Å². The molecule has 0 bridgehead atoms. The number of carbonyl (C=O) groups is 3. The third kappa shape index (κ3) is 6.55. The summed E-state index contributed by atoms with van der Waals surface area (Å²) < 4.78 is 0. The standard InChI is InChI=1S/C17H23Cl2N3O3/c1-10(20-16(25)17(2,3)4)15(24)22(5)9-14(23)21-11-6-7-12(18)13(19)8-11/h6-8,10H,9H2,1-5H3,(H,20,25)(H,21,23). The zero-order valence-corrected chi connectivity index (χ0v) is 16.5. The van der Waals surface area contributed by atoms with Gasteiger partial charge in [-0.05, 0) is 25.1 Å². The molecule has 1 aromatic rings. The van der Waals surface area contributed by atoms with E-state index in [1.165, 1.54) is 18.0 Å². The number of rotatable bonds is 5. The van der Waals surface area contributed by atoms with Crippen LogP contribution >= 0.6 is 23.2 Å². The van der Waals surface area contributed by atoms with Gasteiger partial charge in [0.05, 0.1) is 16.6 Å². The molecule has 8 heteroatoms. The summed E-state index contributed by atoms with van der Waals surface area (Å²) in [7, 11) is 1.50. The minimum atomic E-state index is -0.727. The van der Waals surface area contributed by atoms with E-state index in [9.17, 15) is 14.4 Å². The van der Waals surface area contributed by atoms with Crippen LogP contribution in [0.2, 0.25) is 10.0 Å². The van der Waals surface area contributed by atoms with Gasteiger partial charge >= 0.3 is 0 Å². The number of anilines is 1. The monoisotopic (exact) mass is 387 g/mol. The third-order valence-corrected chi connectivity index (χ3v) is 4.10. The lowest BCUT2D eigenvalue weighted by atomic mass is 9.95. The van der Waals surface area contributed by atoms with Crippen LogP contribution in [0.4, 0.5) is 5.69 Å². The van der Waals surface area contributed by atoms with Gasteiger partial charge in [0.1, 0.15) is 6.04 Å². The summed E-state index contributed by atoms with van der Waals surface area (Å²) in [5, 5.41) is 5.99. The number of likely N-dealkylation sites (N-methyl/N-ethyl adjacent to an activating group) is 1. The van der Waals surface area contributed by atoms with E-state index in [1.807, 2.05) is 0 Å². The van der Waals surface area contributed by atoms with Crippen LogP contribution in [0.3, 0.4) is 0 Å². The van der Waals surface area contributed by atoms with Crippen molar-refractivity contribution in [1.29, 1.82) is 0 Å². The summed E-state index contributed by atoms with van der Waals surface area (Å²) in [6.07, 6.45) is 0. The predicted molar refractivity (Wildman–Crippen MR) is 99.8 cm³/mol. The Morgan fingerprint density at radius 1 is 1.16 bits per heavy atom. The quantitative estimate of drug-likeness (QED) is 0.814. The van der Waals surface area contributed by atoms with Crippen molar-refractivity contribution in [2.75, 3.05) is 18.9 Å². The van der Waals surface area contributed by atoms with Crippen LogP contribution in [0.5, 0.6) is 0 Å². The van der Waals surface area contributed by atoms with Gasteiger partial charge in [0.15, 0.2) is 0 Å². The highest BCUT2D eigenvalue weighted by Gasteiger charge is 2.27. The molecular weight excluding hydrogens is 365 g/mol. The minimum Gasteiger partial charge on any atom is -0.344 e. The van der Waals surface area contributed by atoms with Crippen LogP contribution in [0, 0.1) is 5.41 Å². The molecule has 0 saturated heterocycles. The Balaban J connectivity index is 2.60. The molecule has 138 valence electrons. The molecule has 0 spiro atoms. The number of halogens is 2. The topological polar surface area (TPSA) is 78.5 Å². The summed E-state index contributed by atoms with van der Waals surface area (Å²) in [6, 6.07) is 3.98. The van der Waals surface area contributed by atoms with E-state index < -0.39 is 11.5 Å². The molecule has 1 atom stereocenters. The van der Waals surface area contributed by atoms with E-state index in [4.69, 9.17) is 23.2 Å². The van der Waals surface area contributed by atoms with Crippen LogP contribution in [-0.2, 0) is 14.4 Å². The molecule has 25 heavy (non-hydrogen) atoms. The van der Waals surface area contributed by atoms with Gasteiger partial charge in [-0.3, -0.25) is 14.4 Å². The van der Waals surface area contributed by atoms with Crippen molar-refractivity contribution in [3.8, 4) is 0 Å². The summed E-state index contributed by atoms with van der Waals surface area (Å²) in [5.41, 5.74) is -0.118. The van der Waals surface area contributed by atoms with Gasteiger partial charge in [-0.15, -0.1) is 0 Å². The summed E-state index contributed by atoms with van der Waals surface area (Å²) in [6.45, 7) is 6.70. The maximum atomic E-state index is 12.3. The van der Waals surface area contributed by atoms with E-state index in [-0.39, 0.29) is 24.3 Å². The molecule has 2 N–H and O–H groups in total. The van der Waals surface area contributed by atoms with Gasteiger partial charge in [-0.25, -0.2) is 0 Å². The highest BCUT2D eigenvalue weighted by atomic mass is 35.5. The summed E-state index contributed by atoms with van der Waals surface area (Å²) in [4.78, 5) is 37.5. The second-order valence-electron chi connectivity index (χ2n) is 6.82. The van der Waals surface area contributed by atoms with Gasteiger partial charge in [-0.2, -0.15) is 0 Å². The van der Waals surface area contributed by atoms with Crippen LogP contribution < -0.4 is 10.6 Å². The SMILES string of the molecule is CC(NC(=O)C(C)(C)C)C(=O)N(C)CC(=O)Nc1ccc(Cl)c(Cl)c1. The first-order chi connectivity index (χ1) is 11.4. The third-order valence-electron chi connectivity index (χ3n) is 3.36. The fraction of sp³-hybridized carbons (Fsp3) is 0.471. The molecule has 0 fully saturated rings. The number of hydrogen-bond acceptors (Lipinski definition) is 3. The second kappa shape index (κ2) is 8.54. The van der Waals surface area contributed by atoms with Gasteiger partial charge in [-0.1, -0.05) is 44.0 Å². The van der Waals surface area contributed by atoms with Crippen molar-refractivity contribution in [2.24, 2.45) is 5.41 Å². The predicted octanol–water partition coefficient (Wildman–Crippen LogP) is 2.94. The van der Waals surface area contributed by atoms with Crippen molar-refractivity contribution in [3.63, 3.8) is 0 Å². The molecule has 1 unspecified atom stereocenters. The van der Waals surface area contributed by atoms with Crippen molar-refractivity contribution in [1.82, 2.24) is 10.2 Å². The van der Waals surface area contributed by atoms with E-state index in [2.05, 4.69) is 10.6 Å². The Kier molecular flexibility index (Phi) is 7.26. The van der Waals surface area contributed by atoms with Crippen molar-refractivity contribution in [2.45, 2.75) is 33.7 Å². The molecule has 0 heterocycles. The number of nitrogens with zero attached hydrogens (tertiary/aromatic N) is 1. The average Bonchev–Trinajstić information content (AvgIpc) is 2.48. The molecule has 0 aliphatic rings. The van der Waals surface area contributed by atoms with E-state index >= 15 is 0 Å². The maximum Gasteiger partial charge on any atom is 0.245 e. The zero-order valence-electron chi connectivity index (χ0n) is 14.9. The van der Waals surface area contributed by atoms with Crippen molar-refractivity contribution < 1.29 is 14.4 Å². The van der Waals surface area contributed by atoms with Gasteiger partial charge in [0, 0.05) is 18.2 Å². The molecular formula is C17H23Cl2N3O3. The zero-order chi connectivity index (χ0) is 19.4. The minimum absolute atomic E-state index is 0.158. The maximum absolute atomic E-state index is 12.3. The van der Waals surface area contributed by atoms with E-state index in [0.717, 1.165) is 0 Å². The molecule has 3 amide bonds. The number of hydrogen-bond donors (Lipinski definition) is 2. The highest BCUT2D eigenvalue weighted by Crippen LogP contribution is 2.24. The Morgan fingerprint density at radius 2 is 1.76 bits per heavy atom. The molecule has 6 nitrogen and oxygen atoms in total. The molecule has 0 radical (unpaired) electrons. The highest BCUT2D eigenvalue weighted by molar-refractivity contribution is 6.42. The van der Waals surface area contributed by atoms with Gasteiger partial charge in [0.2, 0.25) is 17.7 Å². The lowest BCUT2D eigenvalue weighted by Crippen LogP contribution is -2.50. The first-order valence-corrected chi connectivity index (χ1v) is 8.48. The number of nitrogens with one attached hydrogen (secondary N) is 2. The number of carbonyl (C=O) groups excluding carboxylic acids is 3. The normalized spacial score (nSPS) is 12.3. The lowest BCUT2D eigenvalue weighted by Gasteiger charge is -2.25. The smallest absolute Gasteiger partial charge is 0.245 e. The largest absolute Gasteiger partial charge is 0.344 e. The summed E-state index contributed by atoms with van der Waals surface area (Å²) in [5.74, 6) is -0.979. The van der Waals surface area contributed by atoms with Gasteiger partial charge in [0.25, 0.3) is 0 Å². The molecule has 0 saturated carbocycles. The number of amides is 3. The number of benzene rings is 1. The fourth-order valence-corrected chi connectivity index (χ4v) is 2.17. The Labute approximate surface area is 157 Å². The second-order valence-corrected chi connectivity index (χ2v) is 7.63. The average molecular weight is 388 g/mol. The van der Waals surface area contributed by atoms with E-state index in [1.54, 1.807) is 39.8 Å². The molecule has 0 aliphatic heterocycles. The fourth-order valence-electron chi connectivity index (χ4n) is 1.87. The Morgan fingerprint density at radius 3 is 2.28 bits per heavy atom. The van der Waals surface area contributed by atoms with Crippen LogP contribution in [0.25, 0.3) is 0 Å².